The van der Waals surface area contributed by atoms with E-state index in [2.05, 4.69) is 15.3 Å². The zero-order chi connectivity index (χ0) is 13.3. The van der Waals surface area contributed by atoms with E-state index >= 15 is 0 Å². The van der Waals surface area contributed by atoms with Crippen LogP contribution in [-0.4, -0.2) is 12.3 Å². The lowest BCUT2D eigenvalue weighted by Crippen LogP contribution is -2.22. The third kappa shape index (κ3) is 4.63. The Morgan fingerprint density at radius 2 is 1.68 bits per heavy atom. The van der Waals surface area contributed by atoms with Gasteiger partial charge in [0.1, 0.15) is 0 Å². The van der Waals surface area contributed by atoms with Crippen molar-refractivity contribution in [3.05, 3.63) is 71.8 Å². The van der Waals surface area contributed by atoms with Crippen molar-refractivity contribution in [2.24, 2.45) is 5.16 Å². The maximum atomic E-state index is 11.4. The quantitative estimate of drug-likeness (QED) is 0.518. The van der Waals surface area contributed by atoms with Crippen LogP contribution in [0.2, 0.25) is 0 Å². The van der Waals surface area contributed by atoms with Gasteiger partial charge in [0.2, 0.25) is 0 Å². The highest BCUT2D eigenvalue weighted by molar-refractivity contribution is 5.79. The van der Waals surface area contributed by atoms with Gasteiger partial charge in [-0.05, 0) is 11.1 Å². The van der Waals surface area contributed by atoms with Crippen LogP contribution in [0.15, 0.2) is 65.8 Å². The third-order valence-electron chi connectivity index (χ3n) is 2.42. The molecule has 1 amide bonds. The van der Waals surface area contributed by atoms with Crippen molar-refractivity contribution in [2.75, 3.05) is 0 Å². The first kappa shape index (κ1) is 12.8. The topological polar surface area (TPSA) is 50.7 Å². The number of nitrogens with one attached hydrogen (secondary N) is 1. The molecule has 0 atom stereocenters. The molecule has 0 fully saturated rings. The number of oxime groups is 1. The molecular formula is C15H14N2O2. The highest BCUT2D eigenvalue weighted by Crippen LogP contribution is 1.98. The fourth-order valence-corrected chi connectivity index (χ4v) is 1.48. The molecule has 0 saturated carbocycles. The summed E-state index contributed by atoms with van der Waals surface area (Å²) in [6.45, 7) is 0.417. The van der Waals surface area contributed by atoms with Crippen LogP contribution in [0.1, 0.15) is 11.1 Å². The second-order valence-electron chi connectivity index (χ2n) is 3.86. The van der Waals surface area contributed by atoms with Gasteiger partial charge in [-0.25, -0.2) is 4.79 Å². The summed E-state index contributed by atoms with van der Waals surface area (Å²) in [4.78, 5) is 16.0. The number of rotatable bonds is 4. The molecule has 0 radical (unpaired) electrons. The first-order valence-corrected chi connectivity index (χ1v) is 5.92. The van der Waals surface area contributed by atoms with E-state index in [0.717, 1.165) is 11.1 Å². The summed E-state index contributed by atoms with van der Waals surface area (Å²) < 4.78 is 0. The number of nitrogens with zero attached hydrogens (tertiary/aromatic N) is 1. The average molecular weight is 254 g/mol. The Balaban J connectivity index is 1.75. The molecule has 0 unspecified atom stereocenters. The number of hydrogen-bond acceptors (Lipinski definition) is 3. The second-order valence-corrected chi connectivity index (χ2v) is 3.86. The van der Waals surface area contributed by atoms with Gasteiger partial charge < -0.3 is 5.32 Å². The van der Waals surface area contributed by atoms with E-state index in [9.17, 15) is 4.79 Å². The van der Waals surface area contributed by atoms with E-state index in [-0.39, 0.29) is 0 Å². The van der Waals surface area contributed by atoms with E-state index in [1.165, 1.54) is 6.21 Å². The van der Waals surface area contributed by atoms with Crippen LogP contribution < -0.4 is 5.32 Å². The summed E-state index contributed by atoms with van der Waals surface area (Å²) in [5.41, 5.74) is 1.88. The van der Waals surface area contributed by atoms with Crippen molar-refractivity contribution >= 4 is 12.3 Å². The van der Waals surface area contributed by atoms with Crippen molar-refractivity contribution < 1.29 is 9.63 Å². The van der Waals surface area contributed by atoms with Gasteiger partial charge in [-0.2, -0.15) is 0 Å². The predicted molar refractivity (Wildman–Crippen MR) is 73.8 cm³/mol. The van der Waals surface area contributed by atoms with Crippen LogP contribution in [0, 0.1) is 0 Å². The summed E-state index contributed by atoms with van der Waals surface area (Å²) in [5, 5.41) is 6.23. The van der Waals surface area contributed by atoms with Crippen molar-refractivity contribution in [3.8, 4) is 0 Å². The number of benzene rings is 2. The summed E-state index contributed by atoms with van der Waals surface area (Å²) in [5.74, 6) is 0. The van der Waals surface area contributed by atoms with Crippen molar-refractivity contribution in [3.63, 3.8) is 0 Å². The van der Waals surface area contributed by atoms with Gasteiger partial charge in [-0.15, -0.1) is 0 Å². The minimum absolute atomic E-state index is 0.417. The summed E-state index contributed by atoms with van der Waals surface area (Å²) in [6.07, 6.45) is 0.915. The van der Waals surface area contributed by atoms with E-state index in [1.54, 1.807) is 0 Å². The Hall–Kier alpha value is -2.62. The molecule has 1 N–H and O–H groups in total. The van der Waals surface area contributed by atoms with Crippen LogP contribution in [0.5, 0.6) is 0 Å². The molecule has 0 bridgehead atoms. The molecule has 19 heavy (non-hydrogen) atoms. The fraction of sp³-hybridized carbons (Fsp3) is 0.0667. The molecule has 0 aliphatic carbocycles. The largest absolute Gasteiger partial charge is 0.433 e. The lowest BCUT2D eigenvalue weighted by molar-refractivity contribution is 0.151. The molecule has 0 aromatic heterocycles. The molecule has 4 nitrogen and oxygen atoms in total. The minimum atomic E-state index is -0.573. The lowest BCUT2D eigenvalue weighted by Gasteiger charge is -2.02. The zero-order valence-corrected chi connectivity index (χ0v) is 10.3. The van der Waals surface area contributed by atoms with Gasteiger partial charge in [0.05, 0.1) is 6.21 Å². The SMILES string of the molecule is O=C(NCc1ccccc1)O/N=C/c1ccccc1. The predicted octanol–water partition coefficient (Wildman–Crippen LogP) is 2.95. The highest BCUT2D eigenvalue weighted by atomic mass is 16.7. The van der Waals surface area contributed by atoms with E-state index in [1.807, 2.05) is 60.7 Å². The Labute approximate surface area is 111 Å². The molecule has 0 aliphatic heterocycles. The Morgan fingerprint density at radius 1 is 1.05 bits per heavy atom. The van der Waals surface area contributed by atoms with Gasteiger partial charge >= 0.3 is 6.09 Å². The third-order valence-corrected chi connectivity index (χ3v) is 2.42. The maximum absolute atomic E-state index is 11.4. The lowest BCUT2D eigenvalue weighted by atomic mass is 10.2. The van der Waals surface area contributed by atoms with Crippen molar-refractivity contribution in [1.82, 2.24) is 5.32 Å². The normalized spacial score (nSPS) is 10.3. The molecule has 0 aliphatic rings. The molecule has 0 saturated heterocycles. The number of amides is 1. The second kappa shape index (κ2) is 6.96. The van der Waals surface area contributed by atoms with Gasteiger partial charge in [0.15, 0.2) is 0 Å². The van der Waals surface area contributed by atoms with Crippen LogP contribution >= 0.6 is 0 Å². The molecule has 2 aromatic carbocycles. The van der Waals surface area contributed by atoms with Gasteiger partial charge in [0, 0.05) is 6.54 Å². The van der Waals surface area contributed by atoms with Crippen molar-refractivity contribution in [2.45, 2.75) is 6.54 Å². The summed E-state index contributed by atoms with van der Waals surface area (Å²) >= 11 is 0. The van der Waals surface area contributed by atoms with Crippen LogP contribution in [0.3, 0.4) is 0 Å². The average Bonchev–Trinajstić information content (AvgIpc) is 2.47. The van der Waals surface area contributed by atoms with E-state index < -0.39 is 6.09 Å². The van der Waals surface area contributed by atoms with Gasteiger partial charge in [-0.1, -0.05) is 65.8 Å². The summed E-state index contributed by atoms with van der Waals surface area (Å²) in [6, 6.07) is 19.0. The van der Waals surface area contributed by atoms with E-state index in [4.69, 9.17) is 0 Å². The smallest absolute Gasteiger partial charge is 0.316 e. The van der Waals surface area contributed by atoms with Crippen LogP contribution in [-0.2, 0) is 11.4 Å². The maximum Gasteiger partial charge on any atom is 0.433 e. The Bertz CT molecular complexity index is 539. The van der Waals surface area contributed by atoms with Crippen LogP contribution in [0.25, 0.3) is 0 Å². The first-order chi connectivity index (χ1) is 9.34. The van der Waals surface area contributed by atoms with Crippen molar-refractivity contribution in [1.29, 1.82) is 0 Å². The molecule has 0 heterocycles. The van der Waals surface area contributed by atoms with Crippen LogP contribution in [0.4, 0.5) is 4.79 Å². The molecule has 96 valence electrons. The summed E-state index contributed by atoms with van der Waals surface area (Å²) in [7, 11) is 0. The van der Waals surface area contributed by atoms with Gasteiger partial charge in [-0.3, -0.25) is 4.84 Å². The fourth-order valence-electron chi connectivity index (χ4n) is 1.48. The van der Waals surface area contributed by atoms with Gasteiger partial charge in [0.25, 0.3) is 0 Å². The molecule has 2 rings (SSSR count). The first-order valence-electron chi connectivity index (χ1n) is 5.92. The van der Waals surface area contributed by atoms with E-state index in [0.29, 0.717) is 6.54 Å². The Kier molecular flexibility index (Phi) is 4.70. The molecular weight excluding hydrogens is 240 g/mol. The standard InChI is InChI=1S/C15H14N2O2/c18-15(16-11-13-7-3-1-4-8-13)19-17-12-14-9-5-2-6-10-14/h1-10,12H,11H2,(H,16,18)/b17-12+. The monoisotopic (exact) mass is 254 g/mol. The highest BCUT2D eigenvalue weighted by Gasteiger charge is 2.00. The Morgan fingerprint density at radius 3 is 2.37 bits per heavy atom. The molecule has 4 heteroatoms. The minimum Gasteiger partial charge on any atom is -0.316 e. The molecule has 2 aromatic rings. The number of carbonyl (C=O) groups is 1. The zero-order valence-electron chi connectivity index (χ0n) is 10.3. The number of carbonyl (C=O) groups excluding carboxylic acids is 1. The number of hydrogen-bond donors (Lipinski definition) is 1. The molecule has 0 spiro atoms.